The summed E-state index contributed by atoms with van der Waals surface area (Å²) in [6.07, 6.45) is 9.47. The Bertz CT molecular complexity index is 1380. The first kappa shape index (κ1) is 23.1. The number of rotatable bonds is 7. The van der Waals surface area contributed by atoms with Gasteiger partial charge >= 0.3 is 0 Å². The van der Waals surface area contributed by atoms with Crippen molar-refractivity contribution >= 4 is 16.7 Å². The lowest BCUT2D eigenvalue weighted by molar-refractivity contribution is 0.122. The largest absolute Gasteiger partial charge is 0.473 e. The second kappa shape index (κ2) is 9.52. The van der Waals surface area contributed by atoms with Crippen molar-refractivity contribution in [3.8, 4) is 17.1 Å². The minimum absolute atomic E-state index is 0.00882. The molecule has 0 saturated heterocycles. The summed E-state index contributed by atoms with van der Waals surface area (Å²) >= 11 is 0. The van der Waals surface area contributed by atoms with Gasteiger partial charge < -0.3 is 10.1 Å². The summed E-state index contributed by atoms with van der Waals surface area (Å²) in [5.74, 6) is 1.36. The van der Waals surface area contributed by atoms with Gasteiger partial charge in [-0.2, -0.15) is 10.2 Å². The molecule has 184 valence electrons. The van der Waals surface area contributed by atoms with Crippen LogP contribution in [0.4, 0.5) is 5.82 Å². The lowest BCUT2D eigenvalue weighted by Gasteiger charge is -2.29. The van der Waals surface area contributed by atoms with E-state index < -0.39 is 0 Å². The highest BCUT2D eigenvalue weighted by Crippen LogP contribution is 2.36. The van der Waals surface area contributed by atoms with Crippen LogP contribution in [0.1, 0.15) is 58.5 Å². The summed E-state index contributed by atoms with van der Waals surface area (Å²) in [5.41, 5.74) is 2.85. The van der Waals surface area contributed by atoms with Crippen molar-refractivity contribution in [3.05, 3.63) is 47.1 Å². The Labute approximate surface area is 203 Å². The Balaban J connectivity index is 1.38. The van der Waals surface area contributed by atoms with Crippen LogP contribution in [0.3, 0.4) is 0 Å². The van der Waals surface area contributed by atoms with E-state index in [-0.39, 0.29) is 23.7 Å². The van der Waals surface area contributed by atoms with E-state index in [2.05, 4.69) is 38.2 Å². The molecule has 10 nitrogen and oxygen atoms in total. The van der Waals surface area contributed by atoms with Gasteiger partial charge in [-0.1, -0.05) is 0 Å². The SMILES string of the molecule is CCNc1cc2c(cn1)c(-c1cnn(C)c1)nn2[C@H]1CC[C@@H](Oc2ccc(=O)n(C(C)C)n2)CC1. The molecule has 0 aromatic carbocycles. The predicted molar refractivity (Wildman–Crippen MR) is 135 cm³/mol. The van der Waals surface area contributed by atoms with Crippen molar-refractivity contribution in [3.63, 3.8) is 0 Å². The van der Waals surface area contributed by atoms with Crippen LogP contribution in [0.25, 0.3) is 22.2 Å². The number of nitrogens with zero attached hydrogens (tertiary/aromatic N) is 7. The average molecular weight is 477 g/mol. The van der Waals surface area contributed by atoms with Crippen LogP contribution in [-0.4, -0.2) is 47.0 Å². The smallest absolute Gasteiger partial charge is 0.267 e. The number of nitrogens with one attached hydrogen (secondary N) is 1. The van der Waals surface area contributed by atoms with Crippen molar-refractivity contribution in [2.24, 2.45) is 7.05 Å². The lowest BCUT2D eigenvalue weighted by Crippen LogP contribution is -2.28. The molecule has 1 N–H and O–H groups in total. The zero-order chi connectivity index (χ0) is 24.5. The first-order valence-electron chi connectivity index (χ1n) is 12.3. The van der Waals surface area contributed by atoms with Crippen molar-refractivity contribution in [2.45, 2.75) is 64.6 Å². The molecule has 4 aromatic heterocycles. The van der Waals surface area contributed by atoms with Crippen molar-refractivity contribution in [1.82, 2.24) is 34.3 Å². The Kier molecular flexibility index (Phi) is 6.27. The third-order valence-corrected chi connectivity index (χ3v) is 6.49. The Hall–Kier alpha value is -3.69. The van der Waals surface area contributed by atoms with E-state index in [9.17, 15) is 4.79 Å². The van der Waals surface area contributed by atoms with Gasteiger partial charge in [-0.25, -0.2) is 9.67 Å². The summed E-state index contributed by atoms with van der Waals surface area (Å²) in [7, 11) is 1.91. The van der Waals surface area contributed by atoms with Crippen LogP contribution < -0.4 is 15.6 Å². The van der Waals surface area contributed by atoms with Gasteiger partial charge in [-0.15, -0.1) is 5.10 Å². The number of hydrogen-bond donors (Lipinski definition) is 1. The third kappa shape index (κ3) is 4.65. The molecular formula is C25H32N8O2. The van der Waals surface area contributed by atoms with Crippen molar-refractivity contribution < 1.29 is 4.74 Å². The molecule has 1 aliphatic rings. The number of aryl methyl sites for hydroxylation is 1. The van der Waals surface area contributed by atoms with Crippen LogP contribution in [0, 0.1) is 0 Å². The van der Waals surface area contributed by atoms with E-state index in [1.165, 1.54) is 10.7 Å². The fraction of sp³-hybridized carbons (Fsp3) is 0.480. The van der Waals surface area contributed by atoms with E-state index >= 15 is 0 Å². The summed E-state index contributed by atoms with van der Waals surface area (Å²) in [6, 6.07) is 5.54. The maximum absolute atomic E-state index is 12.0. The number of anilines is 1. The van der Waals surface area contributed by atoms with Crippen LogP contribution in [0.5, 0.6) is 5.88 Å². The standard InChI is InChI=1S/C25H32N8O2/c1-5-26-22-12-21-20(14-27-22)25(17-13-28-31(4)15-17)30-33(21)18-6-8-19(9-7-18)35-23-10-11-24(34)32(29-23)16(2)3/h10-16,18-19H,5-9H2,1-4H3,(H,26,27)/t18-,19+. The fourth-order valence-electron chi connectivity index (χ4n) is 4.76. The predicted octanol–water partition coefficient (Wildman–Crippen LogP) is 3.96. The van der Waals surface area contributed by atoms with Gasteiger partial charge in [-0.05, 0) is 46.5 Å². The van der Waals surface area contributed by atoms with Crippen molar-refractivity contribution in [2.75, 3.05) is 11.9 Å². The molecule has 35 heavy (non-hydrogen) atoms. The highest BCUT2D eigenvalue weighted by Gasteiger charge is 2.27. The molecule has 5 rings (SSSR count). The van der Waals surface area contributed by atoms with E-state index in [0.29, 0.717) is 5.88 Å². The maximum atomic E-state index is 12.0. The van der Waals surface area contributed by atoms with Crippen LogP contribution in [0.2, 0.25) is 0 Å². The zero-order valence-corrected chi connectivity index (χ0v) is 20.7. The number of pyridine rings is 1. The summed E-state index contributed by atoms with van der Waals surface area (Å²) in [4.78, 5) is 16.6. The fourth-order valence-corrected chi connectivity index (χ4v) is 4.76. The molecule has 1 fully saturated rings. The molecule has 0 unspecified atom stereocenters. The minimum atomic E-state index is -0.113. The molecule has 0 amide bonds. The summed E-state index contributed by atoms with van der Waals surface area (Å²) < 4.78 is 11.6. The molecule has 1 aliphatic carbocycles. The molecule has 0 bridgehead atoms. The van der Waals surface area contributed by atoms with Crippen LogP contribution in [-0.2, 0) is 7.05 Å². The lowest BCUT2D eigenvalue weighted by atomic mass is 9.93. The highest BCUT2D eigenvalue weighted by molar-refractivity contribution is 5.93. The van der Waals surface area contributed by atoms with E-state index in [4.69, 9.17) is 9.84 Å². The molecular weight excluding hydrogens is 444 g/mol. The molecule has 10 heteroatoms. The monoisotopic (exact) mass is 476 g/mol. The second-order valence-electron chi connectivity index (χ2n) is 9.41. The number of ether oxygens (including phenoxy) is 1. The van der Waals surface area contributed by atoms with Gasteiger partial charge in [0.2, 0.25) is 5.88 Å². The van der Waals surface area contributed by atoms with Crippen LogP contribution in [0.15, 0.2) is 41.6 Å². The normalized spacial score (nSPS) is 18.3. The number of hydrogen-bond acceptors (Lipinski definition) is 7. The Morgan fingerprint density at radius 2 is 1.94 bits per heavy atom. The zero-order valence-electron chi connectivity index (χ0n) is 20.7. The minimum Gasteiger partial charge on any atom is -0.473 e. The van der Waals surface area contributed by atoms with Gasteiger partial charge in [-0.3, -0.25) is 14.2 Å². The Morgan fingerprint density at radius 3 is 2.63 bits per heavy atom. The Morgan fingerprint density at radius 1 is 1.14 bits per heavy atom. The first-order chi connectivity index (χ1) is 16.9. The molecule has 1 saturated carbocycles. The number of aromatic nitrogens is 7. The average Bonchev–Trinajstić information content (AvgIpc) is 3.44. The van der Waals surface area contributed by atoms with Crippen molar-refractivity contribution in [1.29, 1.82) is 0 Å². The van der Waals surface area contributed by atoms with E-state index in [0.717, 1.165) is 60.2 Å². The number of fused-ring (bicyclic) bond motifs is 1. The first-order valence-corrected chi connectivity index (χ1v) is 12.3. The molecule has 0 radical (unpaired) electrons. The van der Waals surface area contributed by atoms with Gasteiger partial charge in [0, 0.05) is 55.1 Å². The van der Waals surface area contributed by atoms with Gasteiger partial charge in [0.25, 0.3) is 5.56 Å². The van der Waals surface area contributed by atoms with Gasteiger partial charge in [0.15, 0.2) is 0 Å². The maximum Gasteiger partial charge on any atom is 0.267 e. The van der Waals surface area contributed by atoms with E-state index in [1.54, 1.807) is 10.7 Å². The van der Waals surface area contributed by atoms with Gasteiger partial charge in [0.05, 0.1) is 23.8 Å². The molecule has 4 heterocycles. The summed E-state index contributed by atoms with van der Waals surface area (Å²) in [5, 5.41) is 18.1. The molecule has 0 aliphatic heterocycles. The molecule has 0 spiro atoms. The quantitative estimate of drug-likeness (QED) is 0.430. The molecule has 0 atom stereocenters. The third-order valence-electron chi connectivity index (χ3n) is 6.49. The van der Waals surface area contributed by atoms with Gasteiger partial charge in [0.1, 0.15) is 17.6 Å². The molecule has 4 aromatic rings. The highest BCUT2D eigenvalue weighted by atomic mass is 16.5. The topological polar surface area (TPSA) is 105 Å². The second-order valence-corrected chi connectivity index (χ2v) is 9.41. The van der Waals surface area contributed by atoms with E-state index in [1.807, 2.05) is 39.5 Å². The van der Waals surface area contributed by atoms with Crippen LogP contribution >= 0.6 is 0 Å². The summed E-state index contributed by atoms with van der Waals surface area (Å²) in [6.45, 7) is 6.75.